The fourth-order valence-corrected chi connectivity index (χ4v) is 5.43. The molecule has 0 aromatic rings. The van der Waals surface area contributed by atoms with Crippen molar-refractivity contribution in [3.05, 3.63) is 11.6 Å². The summed E-state index contributed by atoms with van der Waals surface area (Å²) in [4.78, 5) is 23.3. The van der Waals surface area contributed by atoms with Crippen LogP contribution in [0.4, 0.5) is 0 Å². The monoisotopic (exact) mass is 382 g/mol. The zero-order valence-electron chi connectivity index (χ0n) is 16.2. The van der Waals surface area contributed by atoms with E-state index in [0.717, 1.165) is 37.9 Å². The maximum absolute atomic E-state index is 12.7. The maximum atomic E-state index is 12.7. The van der Waals surface area contributed by atoms with E-state index in [-0.39, 0.29) is 23.4 Å². The molecule has 148 valence electrons. The van der Waals surface area contributed by atoms with Crippen LogP contribution in [0.1, 0.15) is 65.2 Å². The number of aliphatic hydroxyl groups excluding tert-OH is 1. The Hall–Kier alpha value is -0.810. The van der Waals surface area contributed by atoms with E-state index in [1.807, 2.05) is 0 Å². The van der Waals surface area contributed by atoms with Crippen LogP contribution in [0.15, 0.2) is 11.6 Å². The Labute approximate surface area is 161 Å². The van der Waals surface area contributed by atoms with Crippen LogP contribution in [0, 0.1) is 23.7 Å². The fraction of sp³-hybridized carbons (Fsp3) is 0.810. The molecule has 5 heteroatoms. The summed E-state index contributed by atoms with van der Waals surface area (Å²) in [7, 11) is 0. The van der Waals surface area contributed by atoms with E-state index in [1.54, 1.807) is 0 Å². The lowest BCUT2D eigenvalue weighted by Gasteiger charge is -2.19. The molecule has 5 atom stereocenters. The van der Waals surface area contributed by atoms with Crippen molar-refractivity contribution in [2.75, 3.05) is 11.5 Å². The molecule has 1 unspecified atom stereocenters. The molecule has 0 heterocycles. The molecule has 26 heavy (non-hydrogen) atoms. The van der Waals surface area contributed by atoms with E-state index in [1.165, 1.54) is 30.2 Å². The zero-order valence-corrected chi connectivity index (χ0v) is 17.0. The van der Waals surface area contributed by atoms with Gasteiger partial charge in [0.05, 0.1) is 17.8 Å². The molecule has 2 rings (SSSR count). The molecule has 2 aliphatic carbocycles. The number of carboxylic acids is 1. The number of carboxylic acid groups (broad SMARTS) is 1. The van der Waals surface area contributed by atoms with Crippen molar-refractivity contribution in [2.24, 2.45) is 23.7 Å². The van der Waals surface area contributed by atoms with Gasteiger partial charge in [0.1, 0.15) is 5.78 Å². The summed E-state index contributed by atoms with van der Waals surface area (Å²) in [5, 5.41) is 19.1. The van der Waals surface area contributed by atoms with Gasteiger partial charge in [0.2, 0.25) is 0 Å². The Kier molecular flexibility index (Phi) is 8.68. The van der Waals surface area contributed by atoms with E-state index >= 15 is 0 Å². The minimum Gasteiger partial charge on any atom is -0.481 e. The van der Waals surface area contributed by atoms with Crippen LogP contribution >= 0.6 is 11.8 Å². The highest BCUT2D eigenvalue weighted by Gasteiger charge is 2.47. The SMILES string of the molecule is CCCC(C)CCCC(=O)[C@H]1[C@@H]2C=C(CCSCC(=O)O)C[C@@H]2C[C@@H]1O. The summed E-state index contributed by atoms with van der Waals surface area (Å²) in [5.74, 6) is 1.49. The summed E-state index contributed by atoms with van der Waals surface area (Å²) in [6, 6.07) is 0. The molecule has 0 radical (unpaired) electrons. The molecule has 2 aliphatic rings. The van der Waals surface area contributed by atoms with Crippen molar-refractivity contribution in [3.63, 3.8) is 0 Å². The lowest BCUT2D eigenvalue weighted by Crippen LogP contribution is -2.27. The molecule has 0 saturated heterocycles. The van der Waals surface area contributed by atoms with E-state index in [0.29, 0.717) is 18.3 Å². The number of allylic oxidation sites excluding steroid dienone is 2. The number of ketones is 1. The van der Waals surface area contributed by atoms with Gasteiger partial charge in [-0.2, -0.15) is 0 Å². The Balaban J connectivity index is 1.81. The first-order chi connectivity index (χ1) is 12.4. The average Bonchev–Trinajstić information content (AvgIpc) is 3.07. The first-order valence-corrected chi connectivity index (χ1v) is 11.3. The number of aliphatic carboxylic acids is 1. The van der Waals surface area contributed by atoms with Gasteiger partial charge >= 0.3 is 5.97 Å². The highest BCUT2D eigenvalue weighted by Crippen LogP contribution is 2.48. The first kappa shape index (κ1) is 21.5. The minimum absolute atomic E-state index is 0.149. The molecule has 0 aromatic heterocycles. The third-order valence-corrected chi connectivity index (χ3v) is 6.88. The van der Waals surface area contributed by atoms with E-state index in [9.17, 15) is 14.7 Å². The number of fused-ring (bicyclic) bond motifs is 1. The first-order valence-electron chi connectivity index (χ1n) is 10.1. The minimum atomic E-state index is -0.769. The number of Topliss-reactive ketones (excluding diaryl/α,β-unsaturated/α-hetero) is 1. The highest BCUT2D eigenvalue weighted by atomic mass is 32.2. The van der Waals surface area contributed by atoms with Gasteiger partial charge < -0.3 is 10.2 Å². The van der Waals surface area contributed by atoms with Crippen molar-refractivity contribution in [2.45, 2.75) is 71.3 Å². The van der Waals surface area contributed by atoms with Crippen molar-refractivity contribution < 1.29 is 19.8 Å². The largest absolute Gasteiger partial charge is 0.481 e. The van der Waals surface area contributed by atoms with E-state index in [2.05, 4.69) is 19.9 Å². The molecule has 0 aromatic carbocycles. The van der Waals surface area contributed by atoms with E-state index < -0.39 is 12.1 Å². The van der Waals surface area contributed by atoms with E-state index in [4.69, 9.17) is 5.11 Å². The highest BCUT2D eigenvalue weighted by molar-refractivity contribution is 7.99. The number of aliphatic hydroxyl groups is 1. The second kappa shape index (κ2) is 10.5. The molecule has 2 N–H and O–H groups in total. The third-order valence-electron chi connectivity index (χ3n) is 5.94. The van der Waals surface area contributed by atoms with Gasteiger partial charge in [0.15, 0.2) is 0 Å². The Bertz CT molecular complexity index is 516. The van der Waals surface area contributed by atoms with Crippen LogP contribution in [-0.4, -0.2) is 39.6 Å². The van der Waals surface area contributed by atoms with Gasteiger partial charge in [-0.1, -0.05) is 44.8 Å². The maximum Gasteiger partial charge on any atom is 0.313 e. The molecule has 0 amide bonds. The number of hydrogen-bond acceptors (Lipinski definition) is 4. The summed E-state index contributed by atoms with van der Waals surface area (Å²) in [5.41, 5.74) is 1.35. The van der Waals surface area contributed by atoms with Gasteiger partial charge in [-0.15, -0.1) is 11.8 Å². The molecule has 0 aliphatic heterocycles. The topological polar surface area (TPSA) is 74.6 Å². The number of carbonyl (C=O) groups is 2. The van der Waals surface area contributed by atoms with Gasteiger partial charge in [-0.3, -0.25) is 9.59 Å². The molecule has 0 bridgehead atoms. The fourth-order valence-electron chi connectivity index (χ4n) is 4.71. The van der Waals surface area contributed by atoms with Crippen molar-refractivity contribution in [3.8, 4) is 0 Å². The van der Waals surface area contributed by atoms with Crippen molar-refractivity contribution in [1.82, 2.24) is 0 Å². The summed E-state index contributed by atoms with van der Waals surface area (Å²) < 4.78 is 0. The molecule has 0 spiro atoms. The van der Waals surface area contributed by atoms with Crippen LogP contribution in [0.5, 0.6) is 0 Å². The predicted molar refractivity (Wildman–Crippen MR) is 106 cm³/mol. The van der Waals surface area contributed by atoms with Gasteiger partial charge in [0, 0.05) is 6.42 Å². The average molecular weight is 383 g/mol. The lowest BCUT2D eigenvalue weighted by molar-refractivity contribution is -0.134. The third kappa shape index (κ3) is 6.12. The molecule has 4 nitrogen and oxygen atoms in total. The number of hydrogen-bond donors (Lipinski definition) is 2. The Morgan fingerprint density at radius 2 is 2.12 bits per heavy atom. The van der Waals surface area contributed by atoms with Crippen LogP contribution in [0.25, 0.3) is 0 Å². The lowest BCUT2D eigenvalue weighted by atomic mass is 9.86. The second-order valence-electron chi connectivity index (χ2n) is 8.14. The quantitative estimate of drug-likeness (QED) is 0.388. The van der Waals surface area contributed by atoms with Gasteiger partial charge in [-0.05, 0) is 49.2 Å². The normalized spacial score (nSPS) is 28.7. The van der Waals surface area contributed by atoms with Crippen LogP contribution < -0.4 is 0 Å². The number of carbonyl (C=O) groups excluding carboxylic acids is 1. The smallest absolute Gasteiger partial charge is 0.313 e. The Morgan fingerprint density at radius 3 is 2.81 bits per heavy atom. The number of rotatable bonds is 12. The second-order valence-corrected chi connectivity index (χ2v) is 9.25. The van der Waals surface area contributed by atoms with Crippen molar-refractivity contribution >= 4 is 23.5 Å². The predicted octanol–water partition coefficient (Wildman–Crippen LogP) is 4.31. The molecule has 1 saturated carbocycles. The summed E-state index contributed by atoms with van der Waals surface area (Å²) >= 11 is 1.44. The number of thioether (sulfide) groups is 1. The van der Waals surface area contributed by atoms with Crippen LogP contribution in [0.2, 0.25) is 0 Å². The standard InChI is InChI=1S/C21H34O4S/c1-3-5-14(2)6-4-7-18(22)21-17-11-15(8-9-26-13-20(24)25)10-16(17)12-19(21)23/h11,14,16-17,19,21,23H,3-10,12-13H2,1-2H3,(H,24,25)/t14?,16-,17-,19+,21-/m1/s1. The van der Waals surface area contributed by atoms with Crippen molar-refractivity contribution in [1.29, 1.82) is 0 Å². The van der Waals surface area contributed by atoms with Gasteiger partial charge in [-0.25, -0.2) is 0 Å². The summed E-state index contributed by atoms with van der Waals surface area (Å²) in [6.45, 7) is 4.45. The molecular weight excluding hydrogens is 348 g/mol. The molecule has 1 fully saturated rings. The van der Waals surface area contributed by atoms with Gasteiger partial charge in [0.25, 0.3) is 0 Å². The zero-order chi connectivity index (χ0) is 19.1. The Morgan fingerprint density at radius 1 is 1.35 bits per heavy atom. The molecular formula is C21H34O4S. The summed E-state index contributed by atoms with van der Waals surface area (Å²) in [6.07, 6.45) is 9.38. The van der Waals surface area contributed by atoms with Crippen LogP contribution in [0.3, 0.4) is 0 Å². The van der Waals surface area contributed by atoms with Crippen LogP contribution in [-0.2, 0) is 9.59 Å².